The summed E-state index contributed by atoms with van der Waals surface area (Å²) >= 11 is 0. The van der Waals surface area contributed by atoms with Crippen molar-refractivity contribution in [1.82, 2.24) is 4.31 Å². The van der Waals surface area contributed by atoms with Crippen LogP contribution in [0.5, 0.6) is 0 Å². The van der Waals surface area contributed by atoms with Crippen molar-refractivity contribution in [2.45, 2.75) is 11.8 Å². The van der Waals surface area contributed by atoms with Gasteiger partial charge in [0.25, 0.3) is 0 Å². The maximum Gasteiger partial charge on any atom is 0.245 e. The number of nitrogen functional groups attached to an aromatic ring is 1. The SMILES string of the molecule is Cc1ccc(S(=O)(=O)N2CCOCC2)c(N)c1. The lowest BCUT2D eigenvalue weighted by atomic mass is 10.2. The fourth-order valence-corrected chi connectivity index (χ4v) is 3.33. The average molecular weight is 256 g/mol. The minimum atomic E-state index is -3.48. The Morgan fingerprint density at radius 1 is 1.29 bits per heavy atom. The van der Waals surface area contributed by atoms with Gasteiger partial charge in [-0.25, -0.2) is 8.42 Å². The molecule has 0 aromatic heterocycles. The summed E-state index contributed by atoms with van der Waals surface area (Å²) in [5.41, 5.74) is 7.03. The number of morpholine rings is 1. The van der Waals surface area contributed by atoms with Gasteiger partial charge in [0.15, 0.2) is 0 Å². The van der Waals surface area contributed by atoms with Crippen LogP contribution in [0.15, 0.2) is 23.1 Å². The monoisotopic (exact) mass is 256 g/mol. The van der Waals surface area contributed by atoms with E-state index in [9.17, 15) is 8.42 Å². The van der Waals surface area contributed by atoms with E-state index >= 15 is 0 Å². The van der Waals surface area contributed by atoms with Crippen LogP contribution in [0.1, 0.15) is 5.56 Å². The second kappa shape index (κ2) is 4.64. The zero-order valence-corrected chi connectivity index (χ0v) is 10.5. The summed E-state index contributed by atoms with van der Waals surface area (Å²) in [7, 11) is -3.48. The zero-order chi connectivity index (χ0) is 12.5. The van der Waals surface area contributed by atoms with Crippen LogP contribution in [0.3, 0.4) is 0 Å². The molecule has 1 aliphatic heterocycles. The number of ether oxygens (including phenoxy) is 1. The largest absolute Gasteiger partial charge is 0.398 e. The summed E-state index contributed by atoms with van der Waals surface area (Å²) in [5, 5.41) is 0. The molecule has 0 aliphatic carbocycles. The molecule has 0 spiro atoms. The van der Waals surface area contributed by atoms with Crippen molar-refractivity contribution in [3.63, 3.8) is 0 Å². The van der Waals surface area contributed by atoms with Crippen molar-refractivity contribution in [3.8, 4) is 0 Å². The molecular formula is C11H16N2O3S. The lowest BCUT2D eigenvalue weighted by molar-refractivity contribution is 0.0730. The van der Waals surface area contributed by atoms with E-state index in [1.165, 1.54) is 4.31 Å². The predicted molar refractivity (Wildman–Crippen MR) is 65.2 cm³/mol. The molecule has 94 valence electrons. The molecule has 1 fully saturated rings. The second-order valence-electron chi connectivity index (χ2n) is 4.06. The average Bonchev–Trinajstić information content (AvgIpc) is 2.29. The molecule has 2 N–H and O–H groups in total. The number of hydrogen-bond acceptors (Lipinski definition) is 4. The van der Waals surface area contributed by atoms with Crippen LogP contribution in [0, 0.1) is 6.92 Å². The highest BCUT2D eigenvalue weighted by atomic mass is 32.2. The Hall–Kier alpha value is -1.11. The first-order chi connectivity index (χ1) is 8.01. The maximum absolute atomic E-state index is 12.3. The summed E-state index contributed by atoms with van der Waals surface area (Å²) in [6.45, 7) is 3.52. The normalized spacial score (nSPS) is 18.2. The number of nitrogens with two attached hydrogens (primary N) is 1. The van der Waals surface area contributed by atoms with Crippen LogP contribution >= 0.6 is 0 Å². The van der Waals surface area contributed by atoms with Gasteiger partial charge in [0, 0.05) is 13.1 Å². The molecule has 1 aromatic carbocycles. The van der Waals surface area contributed by atoms with E-state index < -0.39 is 10.0 Å². The smallest absolute Gasteiger partial charge is 0.245 e. The fraction of sp³-hybridized carbons (Fsp3) is 0.455. The Labute approximate surface area is 101 Å². The van der Waals surface area contributed by atoms with Gasteiger partial charge in [0.05, 0.1) is 18.9 Å². The number of rotatable bonds is 2. The molecule has 1 aliphatic rings. The third kappa shape index (κ3) is 2.43. The molecule has 0 saturated carbocycles. The van der Waals surface area contributed by atoms with Gasteiger partial charge >= 0.3 is 0 Å². The van der Waals surface area contributed by atoms with Crippen LogP contribution in [0.4, 0.5) is 5.69 Å². The van der Waals surface area contributed by atoms with E-state index in [4.69, 9.17) is 10.5 Å². The maximum atomic E-state index is 12.3. The highest BCUT2D eigenvalue weighted by Crippen LogP contribution is 2.23. The van der Waals surface area contributed by atoms with Gasteiger partial charge in [-0.3, -0.25) is 0 Å². The van der Waals surface area contributed by atoms with Crippen molar-refractivity contribution >= 4 is 15.7 Å². The van der Waals surface area contributed by atoms with Gasteiger partial charge in [0.1, 0.15) is 4.90 Å². The Morgan fingerprint density at radius 3 is 2.53 bits per heavy atom. The summed E-state index contributed by atoms with van der Waals surface area (Å²) < 4.78 is 31.2. The number of nitrogens with zero attached hydrogens (tertiary/aromatic N) is 1. The molecule has 0 unspecified atom stereocenters. The van der Waals surface area contributed by atoms with Gasteiger partial charge < -0.3 is 10.5 Å². The summed E-state index contributed by atoms with van der Waals surface area (Å²) in [4.78, 5) is 0.185. The molecular weight excluding hydrogens is 240 g/mol. The van der Waals surface area contributed by atoms with Crippen LogP contribution in [0.25, 0.3) is 0 Å². The van der Waals surface area contributed by atoms with E-state index in [0.717, 1.165) is 5.56 Å². The molecule has 1 saturated heterocycles. The van der Waals surface area contributed by atoms with E-state index in [1.54, 1.807) is 18.2 Å². The Balaban J connectivity index is 2.37. The number of sulfonamides is 1. The van der Waals surface area contributed by atoms with E-state index in [-0.39, 0.29) is 4.90 Å². The molecule has 0 bridgehead atoms. The van der Waals surface area contributed by atoms with E-state index in [1.807, 2.05) is 6.92 Å². The third-order valence-electron chi connectivity index (χ3n) is 2.75. The zero-order valence-electron chi connectivity index (χ0n) is 9.72. The minimum Gasteiger partial charge on any atom is -0.398 e. The van der Waals surface area contributed by atoms with Crippen molar-refractivity contribution in [1.29, 1.82) is 0 Å². The first-order valence-corrected chi connectivity index (χ1v) is 6.90. The highest BCUT2D eigenvalue weighted by molar-refractivity contribution is 7.89. The van der Waals surface area contributed by atoms with Gasteiger partial charge in [-0.1, -0.05) is 6.07 Å². The molecule has 1 heterocycles. The lowest BCUT2D eigenvalue weighted by Gasteiger charge is -2.26. The lowest BCUT2D eigenvalue weighted by Crippen LogP contribution is -2.40. The van der Waals surface area contributed by atoms with E-state index in [2.05, 4.69) is 0 Å². The summed E-state index contributed by atoms with van der Waals surface area (Å²) in [5.74, 6) is 0. The van der Waals surface area contributed by atoms with Crippen LogP contribution in [-0.2, 0) is 14.8 Å². The minimum absolute atomic E-state index is 0.185. The Morgan fingerprint density at radius 2 is 1.94 bits per heavy atom. The standard InChI is InChI=1S/C11H16N2O3S/c1-9-2-3-11(10(12)8-9)17(14,15)13-4-6-16-7-5-13/h2-3,8H,4-7,12H2,1H3. The Kier molecular flexibility index (Phi) is 3.37. The number of benzene rings is 1. The second-order valence-corrected chi connectivity index (χ2v) is 5.96. The quantitative estimate of drug-likeness (QED) is 0.786. The van der Waals surface area contributed by atoms with Crippen molar-refractivity contribution in [2.24, 2.45) is 0 Å². The number of hydrogen-bond donors (Lipinski definition) is 1. The Bertz CT molecular complexity index is 507. The topological polar surface area (TPSA) is 72.6 Å². The fourth-order valence-electron chi connectivity index (χ4n) is 1.83. The van der Waals surface area contributed by atoms with Crippen LogP contribution in [-0.4, -0.2) is 39.0 Å². The number of anilines is 1. The summed E-state index contributed by atoms with van der Waals surface area (Å²) in [6.07, 6.45) is 0. The number of aryl methyl sites for hydroxylation is 1. The van der Waals surface area contributed by atoms with Crippen molar-refractivity contribution < 1.29 is 13.2 Å². The van der Waals surface area contributed by atoms with Crippen LogP contribution < -0.4 is 5.73 Å². The molecule has 6 heteroatoms. The third-order valence-corrected chi connectivity index (χ3v) is 4.73. The first-order valence-electron chi connectivity index (χ1n) is 5.46. The summed E-state index contributed by atoms with van der Waals surface area (Å²) in [6, 6.07) is 4.99. The molecule has 1 aromatic rings. The van der Waals surface area contributed by atoms with Crippen molar-refractivity contribution in [3.05, 3.63) is 23.8 Å². The first kappa shape index (κ1) is 12.3. The van der Waals surface area contributed by atoms with Crippen LogP contribution in [0.2, 0.25) is 0 Å². The highest BCUT2D eigenvalue weighted by Gasteiger charge is 2.27. The molecule has 0 radical (unpaired) electrons. The van der Waals surface area contributed by atoms with Gasteiger partial charge in [-0.05, 0) is 24.6 Å². The predicted octanol–water partition coefficient (Wildman–Crippen LogP) is 0.598. The van der Waals surface area contributed by atoms with Crippen molar-refractivity contribution in [2.75, 3.05) is 32.0 Å². The van der Waals surface area contributed by atoms with Gasteiger partial charge in [0.2, 0.25) is 10.0 Å². The van der Waals surface area contributed by atoms with Gasteiger partial charge in [-0.15, -0.1) is 0 Å². The molecule has 2 rings (SSSR count). The molecule has 0 amide bonds. The molecule has 5 nitrogen and oxygen atoms in total. The van der Waals surface area contributed by atoms with Gasteiger partial charge in [-0.2, -0.15) is 4.31 Å². The molecule has 0 atom stereocenters. The molecule has 17 heavy (non-hydrogen) atoms. The van der Waals surface area contributed by atoms with E-state index in [0.29, 0.717) is 32.0 Å².